The molecule has 1 saturated heterocycles. The molecule has 1 aromatic rings. The van der Waals surface area contributed by atoms with Crippen LogP contribution in [0.1, 0.15) is 39.2 Å². The Hall–Kier alpha value is -0.380. The number of nitrogens with zero attached hydrogens (tertiary/aromatic N) is 1. The van der Waals surface area contributed by atoms with E-state index in [0.29, 0.717) is 6.04 Å². The molecule has 1 atom stereocenters. The van der Waals surface area contributed by atoms with Gasteiger partial charge in [-0.15, -0.1) is 0 Å². The summed E-state index contributed by atoms with van der Waals surface area (Å²) in [5.41, 5.74) is 1.47. The maximum atomic E-state index is 3.81. The third-order valence-electron chi connectivity index (χ3n) is 3.85. The molecule has 2 rings (SSSR count). The second kappa shape index (κ2) is 7.41. The Morgan fingerprint density at radius 2 is 2.05 bits per heavy atom. The Balaban J connectivity index is 1.67. The molecule has 0 aliphatic carbocycles. The van der Waals surface area contributed by atoms with Crippen LogP contribution < -0.4 is 5.32 Å². The Bertz CT molecular complexity index is 340. The van der Waals surface area contributed by atoms with Crippen LogP contribution in [-0.4, -0.2) is 36.6 Å². The van der Waals surface area contributed by atoms with Gasteiger partial charge in [-0.05, 0) is 67.6 Å². The number of hydrogen-bond acceptors (Lipinski definition) is 3. The van der Waals surface area contributed by atoms with Crippen molar-refractivity contribution in [2.75, 3.05) is 19.6 Å². The van der Waals surface area contributed by atoms with Crippen molar-refractivity contribution in [2.24, 2.45) is 5.92 Å². The van der Waals surface area contributed by atoms with Crippen LogP contribution in [0.4, 0.5) is 0 Å². The Kier molecular flexibility index (Phi) is 5.86. The predicted octanol–water partition coefficient (Wildman–Crippen LogP) is 3.39. The average molecular weight is 280 g/mol. The Labute approximate surface area is 122 Å². The van der Waals surface area contributed by atoms with Crippen LogP contribution in [0.2, 0.25) is 0 Å². The summed E-state index contributed by atoms with van der Waals surface area (Å²) in [7, 11) is 0. The molecular formula is C16H28N2S. The standard InChI is InChI=1S/C16H28N2S/c1-13(2)11-18-7-4-16(5-8-18)17-14(3)10-15-6-9-19-12-15/h6,9,12-14,16-17H,4-5,7-8,10-11H2,1-3H3. The van der Waals surface area contributed by atoms with Gasteiger partial charge in [-0.3, -0.25) is 0 Å². The van der Waals surface area contributed by atoms with Gasteiger partial charge >= 0.3 is 0 Å². The molecule has 0 amide bonds. The van der Waals surface area contributed by atoms with E-state index in [0.717, 1.165) is 18.4 Å². The number of likely N-dealkylation sites (tertiary alicyclic amines) is 1. The third-order valence-corrected chi connectivity index (χ3v) is 4.59. The summed E-state index contributed by atoms with van der Waals surface area (Å²) in [5.74, 6) is 0.794. The summed E-state index contributed by atoms with van der Waals surface area (Å²) in [6.07, 6.45) is 3.77. The van der Waals surface area contributed by atoms with Gasteiger partial charge < -0.3 is 10.2 Å². The first-order valence-electron chi connectivity index (χ1n) is 7.63. The van der Waals surface area contributed by atoms with Crippen LogP contribution in [0.25, 0.3) is 0 Å². The molecule has 3 heteroatoms. The number of hydrogen-bond donors (Lipinski definition) is 1. The van der Waals surface area contributed by atoms with Gasteiger partial charge in [0, 0.05) is 18.6 Å². The fourth-order valence-electron chi connectivity index (χ4n) is 3.02. The zero-order valence-corrected chi connectivity index (χ0v) is 13.4. The van der Waals surface area contributed by atoms with Crippen LogP contribution in [0.5, 0.6) is 0 Å². The van der Waals surface area contributed by atoms with Crippen LogP contribution in [-0.2, 0) is 6.42 Å². The molecule has 1 unspecified atom stereocenters. The molecule has 2 nitrogen and oxygen atoms in total. The molecule has 1 N–H and O–H groups in total. The minimum absolute atomic E-state index is 0.594. The van der Waals surface area contributed by atoms with Crippen molar-refractivity contribution in [3.8, 4) is 0 Å². The van der Waals surface area contributed by atoms with E-state index in [1.54, 1.807) is 11.3 Å². The molecule has 0 aromatic carbocycles. The molecule has 108 valence electrons. The van der Waals surface area contributed by atoms with E-state index in [1.165, 1.54) is 38.0 Å². The fourth-order valence-corrected chi connectivity index (χ4v) is 3.70. The van der Waals surface area contributed by atoms with Crippen molar-refractivity contribution in [2.45, 2.75) is 52.1 Å². The van der Waals surface area contributed by atoms with Crippen molar-refractivity contribution >= 4 is 11.3 Å². The number of rotatable bonds is 6. The molecule has 1 fully saturated rings. The molecule has 0 bridgehead atoms. The maximum absolute atomic E-state index is 3.81. The second-order valence-corrected chi connectivity index (χ2v) is 7.15. The Morgan fingerprint density at radius 1 is 1.32 bits per heavy atom. The van der Waals surface area contributed by atoms with Gasteiger partial charge in [0.15, 0.2) is 0 Å². The molecular weight excluding hydrogens is 252 g/mol. The van der Waals surface area contributed by atoms with Crippen LogP contribution >= 0.6 is 11.3 Å². The Morgan fingerprint density at radius 3 is 2.63 bits per heavy atom. The highest BCUT2D eigenvalue weighted by atomic mass is 32.1. The first-order valence-corrected chi connectivity index (χ1v) is 8.57. The normalized spacial score (nSPS) is 20.0. The van der Waals surface area contributed by atoms with E-state index in [9.17, 15) is 0 Å². The fraction of sp³-hybridized carbons (Fsp3) is 0.750. The van der Waals surface area contributed by atoms with Crippen LogP contribution in [0, 0.1) is 5.92 Å². The smallest absolute Gasteiger partial charge is 0.00940 e. The van der Waals surface area contributed by atoms with Gasteiger partial charge in [-0.1, -0.05) is 13.8 Å². The van der Waals surface area contributed by atoms with Crippen molar-refractivity contribution in [1.82, 2.24) is 10.2 Å². The molecule has 0 saturated carbocycles. The topological polar surface area (TPSA) is 15.3 Å². The molecule has 1 aliphatic heterocycles. The number of nitrogens with one attached hydrogen (secondary N) is 1. The van der Waals surface area contributed by atoms with Gasteiger partial charge in [-0.25, -0.2) is 0 Å². The highest BCUT2D eigenvalue weighted by molar-refractivity contribution is 7.07. The monoisotopic (exact) mass is 280 g/mol. The van der Waals surface area contributed by atoms with Gasteiger partial charge in [0.25, 0.3) is 0 Å². The lowest BCUT2D eigenvalue weighted by molar-refractivity contribution is 0.175. The minimum atomic E-state index is 0.594. The highest BCUT2D eigenvalue weighted by Crippen LogP contribution is 2.14. The maximum Gasteiger partial charge on any atom is 0.00940 e. The molecule has 2 heterocycles. The highest BCUT2D eigenvalue weighted by Gasteiger charge is 2.20. The third kappa shape index (κ3) is 5.25. The predicted molar refractivity (Wildman–Crippen MR) is 84.9 cm³/mol. The first kappa shape index (κ1) is 15.0. The zero-order valence-electron chi connectivity index (χ0n) is 12.6. The van der Waals surface area contributed by atoms with E-state index in [4.69, 9.17) is 0 Å². The summed E-state index contributed by atoms with van der Waals surface area (Å²) in [5, 5.41) is 8.25. The summed E-state index contributed by atoms with van der Waals surface area (Å²) < 4.78 is 0. The zero-order chi connectivity index (χ0) is 13.7. The molecule has 0 spiro atoms. The lowest BCUT2D eigenvalue weighted by atomic mass is 10.0. The summed E-state index contributed by atoms with van der Waals surface area (Å²) in [6.45, 7) is 10.7. The lowest BCUT2D eigenvalue weighted by Crippen LogP contribution is -2.46. The minimum Gasteiger partial charge on any atom is -0.311 e. The van der Waals surface area contributed by atoms with Crippen molar-refractivity contribution in [3.63, 3.8) is 0 Å². The largest absolute Gasteiger partial charge is 0.311 e. The average Bonchev–Trinajstić information content (AvgIpc) is 2.83. The van der Waals surface area contributed by atoms with Crippen molar-refractivity contribution in [3.05, 3.63) is 22.4 Å². The van der Waals surface area contributed by atoms with E-state index in [2.05, 4.69) is 47.8 Å². The van der Waals surface area contributed by atoms with E-state index in [-0.39, 0.29) is 0 Å². The van der Waals surface area contributed by atoms with Gasteiger partial charge in [0.1, 0.15) is 0 Å². The van der Waals surface area contributed by atoms with Gasteiger partial charge in [0.05, 0.1) is 0 Å². The molecule has 19 heavy (non-hydrogen) atoms. The van der Waals surface area contributed by atoms with E-state index >= 15 is 0 Å². The first-order chi connectivity index (χ1) is 9.13. The summed E-state index contributed by atoms with van der Waals surface area (Å²) >= 11 is 1.80. The van der Waals surface area contributed by atoms with Gasteiger partial charge in [0.2, 0.25) is 0 Å². The van der Waals surface area contributed by atoms with Crippen LogP contribution in [0.3, 0.4) is 0 Å². The molecule has 0 radical (unpaired) electrons. The van der Waals surface area contributed by atoms with E-state index in [1.807, 2.05) is 0 Å². The van der Waals surface area contributed by atoms with E-state index < -0.39 is 0 Å². The molecule has 1 aliphatic rings. The van der Waals surface area contributed by atoms with Crippen molar-refractivity contribution < 1.29 is 0 Å². The van der Waals surface area contributed by atoms with Crippen molar-refractivity contribution in [1.29, 1.82) is 0 Å². The summed E-state index contributed by atoms with van der Waals surface area (Å²) in [4.78, 5) is 2.62. The second-order valence-electron chi connectivity index (χ2n) is 6.37. The summed E-state index contributed by atoms with van der Waals surface area (Å²) in [6, 6.07) is 3.56. The quantitative estimate of drug-likeness (QED) is 0.859. The SMILES string of the molecule is CC(C)CN1CCC(NC(C)Cc2ccsc2)CC1. The number of thiophene rings is 1. The van der Waals surface area contributed by atoms with Gasteiger partial charge in [-0.2, -0.15) is 11.3 Å². The molecule has 1 aromatic heterocycles. The number of piperidine rings is 1. The lowest BCUT2D eigenvalue weighted by Gasteiger charge is -2.34. The van der Waals surface area contributed by atoms with Crippen LogP contribution in [0.15, 0.2) is 16.8 Å².